The first-order chi connectivity index (χ1) is 11.8. The summed E-state index contributed by atoms with van der Waals surface area (Å²) in [6.45, 7) is 6.18. The maximum absolute atomic E-state index is 12.3. The summed E-state index contributed by atoms with van der Waals surface area (Å²) in [5.41, 5.74) is 2.17. The fraction of sp³-hybridized carbons (Fsp3) is 0.368. The standard InChI is InChI=1S/C19H22N2O4/c1-19(2,3)25-18(24)20-10-9-16-14(11-20)15(17(22)23)12-21(16)13-7-5-4-6-8-13/h4-8,12H,9-11H2,1-3H3,(H,22,23). The molecule has 1 aliphatic rings. The van der Waals surface area contributed by atoms with Crippen LogP contribution in [-0.2, 0) is 17.7 Å². The molecule has 1 aromatic carbocycles. The van der Waals surface area contributed by atoms with Gasteiger partial charge in [-0.3, -0.25) is 0 Å². The van der Waals surface area contributed by atoms with E-state index in [1.807, 2.05) is 55.7 Å². The second-order valence-corrected chi connectivity index (χ2v) is 7.13. The van der Waals surface area contributed by atoms with Gasteiger partial charge in [0.25, 0.3) is 0 Å². The topological polar surface area (TPSA) is 71.8 Å². The van der Waals surface area contributed by atoms with Crippen LogP contribution in [0.3, 0.4) is 0 Å². The van der Waals surface area contributed by atoms with Gasteiger partial charge in [0.15, 0.2) is 0 Å². The normalized spacial score (nSPS) is 14.1. The first-order valence-corrected chi connectivity index (χ1v) is 8.26. The van der Waals surface area contributed by atoms with Crippen molar-refractivity contribution in [3.63, 3.8) is 0 Å². The zero-order valence-electron chi connectivity index (χ0n) is 14.7. The molecule has 0 atom stereocenters. The first-order valence-electron chi connectivity index (χ1n) is 8.26. The van der Waals surface area contributed by atoms with Crippen LogP contribution < -0.4 is 0 Å². The van der Waals surface area contributed by atoms with Crippen LogP contribution in [0.1, 0.15) is 42.4 Å². The minimum atomic E-state index is -0.989. The van der Waals surface area contributed by atoms with E-state index < -0.39 is 17.7 Å². The molecule has 1 N–H and O–H groups in total. The average molecular weight is 342 g/mol. The predicted octanol–water partition coefficient (Wildman–Crippen LogP) is 3.47. The summed E-state index contributed by atoms with van der Waals surface area (Å²) in [6.07, 6.45) is 1.81. The molecule has 0 saturated heterocycles. The smallest absolute Gasteiger partial charge is 0.410 e. The van der Waals surface area contributed by atoms with Crippen molar-refractivity contribution >= 4 is 12.1 Å². The number of benzene rings is 1. The molecule has 2 heterocycles. The van der Waals surface area contributed by atoms with Crippen molar-refractivity contribution in [1.82, 2.24) is 9.47 Å². The average Bonchev–Trinajstić information content (AvgIpc) is 2.93. The highest BCUT2D eigenvalue weighted by atomic mass is 16.6. The van der Waals surface area contributed by atoms with Crippen molar-refractivity contribution in [2.24, 2.45) is 0 Å². The number of aromatic carboxylic acids is 1. The van der Waals surface area contributed by atoms with Crippen molar-refractivity contribution in [3.8, 4) is 5.69 Å². The van der Waals surface area contributed by atoms with Gasteiger partial charge in [-0.2, -0.15) is 0 Å². The highest BCUT2D eigenvalue weighted by Crippen LogP contribution is 2.28. The highest BCUT2D eigenvalue weighted by molar-refractivity contribution is 5.90. The third-order valence-corrected chi connectivity index (χ3v) is 4.11. The molecule has 0 aliphatic carbocycles. The molecule has 1 amide bonds. The van der Waals surface area contributed by atoms with Crippen LogP contribution in [0.4, 0.5) is 4.79 Å². The maximum Gasteiger partial charge on any atom is 0.410 e. The largest absolute Gasteiger partial charge is 0.478 e. The van der Waals surface area contributed by atoms with E-state index in [1.165, 1.54) is 0 Å². The van der Waals surface area contributed by atoms with Gasteiger partial charge >= 0.3 is 12.1 Å². The molecule has 0 radical (unpaired) electrons. The Hall–Kier alpha value is -2.76. The number of ether oxygens (including phenoxy) is 1. The number of fused-ring (bicyclic) bond motifs is 1. The van der Waals surface area contributed by atoms with Crippen LogP contribution >= 0.6 is 0 Å². The molecule has 1 aliphatic heterocycles. The number of amides is 1. The fourth-order valence-corrected chi connectivity index (χ4v) is 3.03. The van der Waals surface area contributed by atoms with Gasteiger partial charge in [-0.05, 0) is 32.9 Å². The predicted molar refractivity (Wildman–Crippen MR) is 93.1 cm³/mol. The van der Waals surface area contributed by atoms with E-state index >= 15 is 0 Å². The first kappa shape index (κ1) is 17.1. The van der Waals surface area contributed by atoms with E-state index in [2.05, 4.69) is 0 Å². The van der Waals surface area contributed by atoms with Gasteiger partial charge in [-0.15, -0.1) is 0 Å². The van der Waals surface area contributed by atoms with E-state index in [-0.39, 0.29) is 12.1 Å². The molecule has 0 fully saturated rings. The summed E-state index contributed by atoms with van der Waals surface area (Å²) in [7, 11) is 0. The van der Waals surface area contributed by atoms with Gasteiger partial charge in [0.05, 0.1) is 12.1 Å². The van der Waals surface area contributed by atoms with Crippen LogP contribution in [-0.4, -0.2) is 38.8 Å². The molecule has 6 nitrogen and oxygen atoms in total. The molecule has 0 spiro atoms. The second-order valence-electron chi connectivity index (χ2n) is 7.13. The van der Waals surface area contributed by atoms with Crippen molar-refractivity contribution in [2.75, 3.05) is 6.54 Å². The Bertz CT molecular complexity index is 803. The zero-order chi connectivity index (χ0) is 18.2. The molecule has 1 aromatic heterocycles. The number of nitrogens with zero attached hydrogens (tertiary/aromatic N) is 2. The van der Waals surface area contributed by atoms with E-state index in [0.29, 0.717) is 18.5 Å². The van der Waals surface area contributed by atoms with Gasteiger partial charge in [0.2, 0.25) is 0 Å². The third-order valence-electron chi connectivity index (χ3n) is 4.11. The molecular formula is C19H22N2O4. The molecule has 0 saturated carbocycles. The maximum atomic E-state index is 12.3. The van der Waals surface area contributed by atoms with Crippen LogP contribution in [0.2, 0.25) is 0 Å². The summed E-state index contributed by atoms with van der Waals surface area (Å²) >= 11 is 0. The van der Waals surface area contributed by atoms with Crippen molar-refractivity contribution in [2.45, 2.75) is 39.3 Å². The summed E-state index contributed by atoms with van der Waals surface area (Å²) < 4.78 is 7.32. The number of para-hydroxylation sites is 1. The number of aromatic nitrogens is 1. The summed E-state index contributed by atoms with van der Waals surface area (Å²) in [5.74, 6) is -0.989. The van der Waals surface area contributed by atoms with Crippen LogP contribution in [0, 0.1) is 0 Å². The summed E-state index contributed by atoms with van der Waals surface area (Å²) in [6, 6.07) is 9.62. The minimum Gasteiger partial charge on any atom is -0.478 e. The molecule has 3 rings (SSSR count). The van der Waals surface area contributed by atoms with Crippen molar-refractivity contribution in [1.29, 1.82) is 0 Å². The van der Waals surface area contributed by atoms with E-state index in [4.69, 9.17) is 4.74 Å². The van der Waals surface area contributed by atoms with E-state index in [1.54, 1.807) is 11.1 Å². The third kappa shape index (κ3) is 3.52. The number of carbonyl (C=O) groups excluding carboxylic acids is 1. The van der Waals surface area contributed by atoms with Crippen LogP contribution in [0.5, 0.6) is 0 Å². The zero-order valence-corrected chi connectivity index (χ0v) is 14.7. The molecule has 25 heavy (non-hydrogen) atoms. The monoisotopic (exact) mass is 342 g/mol. The van der Waals surface area contributed by atoms with Gasteiger partial charge in [0.1, 0.15) is 5.60 Å². The van der Waals surface area contributed by atoms with E-state index in [9.17, 15) is 14.7 Å². The minimum absolute atomic E-state index is 0.229. The van der Waals surface area contributed by atoms with Crippen LogP contribution in [0.25, 0.3) is 5.69 Å². The van der Waals surface area contributed by atoms with Gasteiger partial charge in [-0.1, -0.05) is 18.2 Å². The number of carbonyl (C=O) groups is 2. The Kier molecular flexibility index (Phi) is 4.29. The van der Waals surface area contributed by atoms with Crippen LogP contribution in [0.15, 0.2) is 36.5 Å². The Labute approximate surface area is 146 Å². The molecule has 0 unspecified atom stereocenters. The lowest BCUT2D eigenvalue weighted by molar-refractivity contribution is 0.0221. The van der Waals surface area contributed by atoms with Gasteiger partial charge in [0, 0.05) is 36.1 Å². The van der Waals surface area contributed by atoms with Crippen molar-refractivity contribution in [3.05, 3.63) is 53.3 Å². The number of carboxylic acids is 1. The second kappa shape index (κ2) is 6.27. The summed E-state index contributed by atoms with van der Waals surface area (Å²) in [5, 5.41) is 9.56. The number of hydrogen-bond acceptors (Lipinski definition) is 3. The Morgan fingerprint density at radius 2 is 1.84 bits per heavy atom. The SMILES string of the molecule is CC(C)(C)OC(=O)N1CCc2c(c(C(=O)O)cn2-c2ccccc2)C1. The lowest BCUT2D eigenvalue weighted by Gasteiger charge is -2.30. The van der Waals surface area contributed by atoms with E-state index in [0.717, 1.165) is 11.4 Å². The quantitative estimate of drug-likeness (QED) is 0.907. The lowest BCUT2D eigenvalue weighted by Crippen LogP contribution is -2.40. The highest BCUT2D eigenvalue weighted by Gasteiger charge is 2.31. The Morgan fingerprint density at radius 3 is 2.44 bits per heavy atom. The molecule has 6 heteroatoms. The Balaban J connectivity index is 1.95. The molecule has 132 valence electrons. The van der Waals surface area contributed by atoms with Crippen molar-refractivity contribution < 1.29 is 19.4 Å². The number of carboxylic acid groups (broad SMARTS) is 1. The Morgan fingerprint density at radius 1 is 1.16 bits per heavy atom. The molecular weight excluding hydrogens is 320 g/mol. The van der Waals surface area contributed by atoms with Gasteiger partial charge < -0.3 is 19.3 Å². The lowest BCUT2D eigenvalue weighted by atomic mass is 10.0. The fourth-order valence-electron chi connectivity index (χ4n) is 3.03. The number of rotatable bonds is 2. The molecule has 2 aromatic rings. The molecule has 0 bridgehead atoms. The van der Waals surface area contributed by atoms with Gasteiger partial charge in [-0.25, -0.2) is 9.59 Å². The summed E-state index contributed by atoms with van der Waals surface area (Å²) in [4.78, 5) is 25.6. The number of hydrogen-bond donors (Lipinski definition) is 1.